The molecule has 0 saturated carbocycles. The summed E-state index contributed by atoms with van der Waals surface area (Å²) in [6.07, 6.45) is 5.08. The van der Waals surface area contributed by atoms with Crippen LogP contribution in [0, 0.1) is 0 Å². The second-order valence-corrected chi connectivity index (χ2v) is 2.70. The van der Waals surface area contributed by atoms with Gasteiger partial charge in [0.2, 0.25) is 0 Å². The van der Waals surface area contributed by atoms with Crippen molar-refractivity contribution >= 4 is 6.40 Å². The van der Waals surface area contributed by atoms with E-state index in [9.17, 15) is 0 Å². The maximum atomic E-state index is 5.66. The minimum Gasteiger partial charge on any atom is -0.446 e. The van der Waals surface area contributed by atoms with Gasteiger partial charge in [-0.25, -0.2) is 4.99 Å². The van der Waals surface area contributed by atoms with Gasteiger partial charge < -0.3 is 10.5 Å². The lowest BCUT2D eigenvalue weighted by Crippen LogP contribution is -2.10. The quantitative estimate of drug-likeness (QED) is 0.691. The summed E-state index contributed by atoms with van der Waals surface area (Å²) in [5.74, 6) is 0.742. The van der Waals surface area contributed by atoms with Crippen molar-refractivity contribution in [3.05, 3.63) is 24.1 Å². The molecule has 1 atom stereocenters. The Bertz CT molecular complexity index is 231. The molecule has 3 nitrogen and oxygen atoms in total. The van der Waals surface area contributed by atoms with E-state index < -0.39 is 0 Å². The van der Waals surface area contributed by atoms with Crippen molar-refractivity contribution in [3.63, 3.8) is 0 Å². The molecule has 0 spiro atoms. The lowest BCUT2D eigenvalue weighted by Gasteiger charge is -2.07. The maximum absolute atomic E-state index is 5.66. The van der Waals surface area contributed by atoms with E-state index in [4.69, 9.17) is 10.5 Å². The van der Waals surface area contributed by atoms with Crippen LogP contribution in [0.3, 0.4) is 0 Å². The summed E-state index contributed by atoms with van der Waals surface area (Å²) in [5.41, 5.74) is 6.24. The van der Waals surface area contributed by atoms with Crippen molar-refractivity contribution in [2.24, 2.45) is 10.7 Å². The van der Waals surface area contributed by atoms with Crippen LogP contribution in [-0.2, 0) is 4.74 Å². The lowest BCUT2D eigenvalue weighted by molar-refractivity contribution is 0.414. The maximum Gasteiger partial charge on any atom is 0.177 e. The van der Waals surface area contributed by atoms with E-state index in [1.807, 2.05) is 0 Å². The van der Waals surface area contributed by atoms with Crippen molar-refractivity contribution in [2.45, 2.75) is 25.8 Å². The Balaban J connectivity index is 2.73. The van der Waals surface area contributed by atoms with E-state index in [2.05, 4.69) is 18.5 Å². The number of hydrogen-bond donors (Lipinski definition) is 1. The predicted octanol–water partition coefficient (Wildman–Crippen LogP) is 1.57. The average Bonchev–Trinajstić information content (AvgIpc) is 2.52. The molecule has 0 aromatic heterocycles. The molecule has 2 N–H and O–H groups in total. The molecular formula is C9H14N2O. The Hall–Kier alpha value is -1.25. The highest BCUT2D eigenvalue weighted by molar-refractivity contribution is 5.54. The van der Waals surface area contributed by atoms with Gasteiger partial charge in [-0.15, -0.1) is 0 Å². The predicted molar refractivity (Wildman–Crippen MR) is 49.7 cm³/mol. The van der Waals surface area contributed by atoms with Gasteiger partial charge in [0.1, 0.15) is 6.04 Å². The van der Waals surface area contributed by atoms with Crippen LogP contribution in [0.4, 0.5) is 0 Å². The summed E-state index contributed by atoms with van der Waals surface area (Å²) in [4.78, 5) is 4.14. The number of rotatable bonds is 3. The summed E-state index contributed by atoms with van der Waals surface area (Å²) in [5, 5.41) is 0. The monoisotopic (exact) mass is 166 g/mol. The van der Waals surface area contributed by atoms with Crippen LogP contribution in [0.2, 0.25) is 0 Å². The molecule has 1 aliphatic rings. The summed E-state index contributed by atoms with van der Waals surface area (Å²) in [6.45, 7) is 5.69. The van der Waals surface area contributed by atoms with Gasteiger partial charge in [0, 0.05) is 0 Å². The Kier molecular flexibility index (Phi) is 2.91. The highest BCUT2D eigenvalue weighted by Gasteiger charge is 2.20. The Labute approximate surface area is 72.6 Å². The largest absolute Gasteiger partial charge is 0.446 e. The highest BCUT2D eigenvalue weighted by atomic mass is 16.5. The molecule has 0 amide bonds. The van der Waals surface area contributed by atoms with Crippen molar-refractivity contribution < 1.29 is 4.74 Å². The second-order valence-electron chi connectivity index (χ2n) is 2.70. The van der Waals surface area contributed by atoms with E-state index in [0.29, 0.717) is 5.70 Å². The number of nitrogens with zero attached hydrogens (tertiary/aromatic N) is 1. The third-order valence-corrected chi connectivity index (χ3v) is 1.79. The third-order valence-electron chi connectivity index (χ3n) is 1.79. The van der Waals surface area contributed by atoms with E-state index in [0.717, 1.165) is 18.6 Å². The van der Waals surface area contributed by atoms with Crippen LogP contribution in [0.1, 0.15) is 19.8 Å². The molecular weight excluding hydrogens is 152 g/mol. The fourth-order valence-electron chi connectivity index (χ4n) is 1.15. The van der Waals surface area contributed by atoms with E-state index in [1.54, 1.807) is 6.08 Å². The summed E-state index contributed by atoms with van der Waals surface area (Å²) >= 11 is 0. The molecule has 3 heteroatoms. The first-order valence-corrected chi connectivity index (χ1v) is 4.10. The minimum atomic E-state index is 0.105. The normalized spacial score (nSPS) is 25.2. The van der Waals surface area contributed by atoms with Crippen LogP contribution in [0.5, 0.6) is 0 Å². The molecule has 12 heavy (non-hydrogen) atoms. The molecule has 0 aromatic carbocycles. The SMILES string of the molecule is C=C/C(N)=C1/OC=NC1CCC. The van der Waals surface area contributed by atoms with Crippen LogP contribution < -0.4 is 5.73 Å². The smallest absolute Gasteiger partial charge is 0.177 e. The second kappa shape index (κ2) is 3.95. The van der Waals surface area contributed by atoms with E-state index in [-0.39, 0.29) is 6.04 Å². The fraction of sp³-hybridized carbons (Fsp3) is 0.444. The van der Waals surface area contributed by atoms with Gasteiger partial charge in [-0.2, -0.15) is 0 Å². The third kappa shape index (κ3) is 1.67. The first-order valence-electron chi connectivity index (χ1n) is 4.10. The van der Waals surface area contributed by atoms with Gasteiger partial charge in [0.25, 0.3) is 0 Å². The molecule has 1 unspecified atom stereocenters. The molecule has 1 heterocycles. The standard InChI is InChI=1S/C9H14N2O/c1-3-5-8-9(7(10)4-2)12-6-11-8/h4,6,8H,2-3,5,10H2,1H3/b9-7-. The Morgan fingerprint density at radius 3 is 3.25 bits per heavy atom. The number of hydrogen-bond acceptors (Lipinski definition) is 3. The van der Waals surface area contributed by atoms with Crippen molar-refractivity contribution in [1.29, 1.82) is 0 Å². The van der Waals surface area contributed by atoms with Crippen LogP contribution in [0.25, 0.3) is 0 Å². The summed E-state index contributed by atoms with van der Waals surface area (Å²) in [7, 11) is 0. The molecule has 0 fully saturated rings. The minimum absolute atomic E-state index is 0.105. The number of nitrogens with two attached hydrogens (primary N) is 1. The summed E-state index contributed by atoms with van der Waals surface area (Å²) < 4.78 is 5.16. The molecule has 1 aliphatic heterocycles. The van der Waals surface area contributed by atoms with Crippen LogP contribution >= 0.6 is 0 Å². The zero-order chi connectivity index (χ0) is 8.97. The number of ether oxygens (including phenoxy) is 1. The Morgan fingerprint density at radius 1 is 1.92 bits per heavy atom. The van der Waals surface area contributed by atoms with E-state index >= 15 is 0 Å². The highest BCUT2D eigenvalue weighted by Crippen LogP contribution is 2.20. The van der Waals surface area contributed by atoms with Gasteiger partial charge in [-0.05, 0) is 12.5 Å². The molecule has 0 aromatic rings. The number of allylic oxidation sites excluding steroid dienone is 1. The van der Waals surface area contributed by atoms with Gasteiger partial charge >= 0.3 is 0 Å². The molecule has 0 radical (unpaired) electrons. The first kappa shape index (κ1) is 8.84. The molecule has 0 saturated heterocycles. The van der Waals surface area contributed by atoms with Crippen LogP contribution in [0.15, 0.2) is 29.1 Å². The zero-order valence-corrected chi connectivity index (χ0v) is 7.29. The first-order chi connectivity index (χ1) is 5.79. The molecule has 66 valence electrons. The van der Waals surface area contributed by atoms with Gasteiger partial charge in [0.05, 0.1) is 5.70 Å². The van der Waals surface area contributed by atoms with Crippen molar-refractivity contribution in [2.75, 3.05) is 0 Å². The van der Waals surface area contributed by atoms with Gasteiger partial charge in [0.15, 0.2) is 12.2 Å². The molecule has 0 bridgehead atoms. The molecule has 0 aliphatic carbocycles. The lowest BCUT2D eigenvalue weighted by atomic mass is 10.1. The van der Waals surface area contributed by atoms with Crippen LogP contribution in [-0.4, -0.2) is 12.4 Å². The molecule has 1 rings (SSSR count). The summed E-state index contributed by atoms with van der Waals surface area (Å²) in [6, 6.07) is 0.105. The van der Waals surface area contributed by atoms with Gasteiger partial charge in [-0.1, -0.05) is 19.9 Å². The topological polar surface area (TPSA) is 47.6 Å². The fourth-order valence-corrected chi connectivity index (χ4v) is 1.15. The van der Waals surface area contributed by atoms with Crippen molar-refractivity contribution in [3.8, 4) is 0 Å². The van der Waals surface area contributed by atoms with Crippen molar-refractivity contribution in [1.82, 2.24) is 0 Å². The zero-order valence-electron chi connectivity index (χ0n) is 7.29. The average molecular weight is 166 g/mol. The van der Waals surface area contributed by atoms with E-state index in [1.165, 1.54) is 6.40 Å². The van der Waals surface area contributed by atoms with Gasteiger partial charge in [-0.3, -0.25) is 0 Å². The number of aliphatic imine (C=N–C) groups is 1. The Morgan fingerprint density at radius 2 is 2.67 bits per heavy atom.